The minimum Gasteiger partial charge on any atom is -0.383 e. The molecule has 0 amide bonds. The first-order valence-corrected chi connectivity index (χ1v) is 7.24. The van der Waals surface area contributed by atoms with Gasteiger partial charge in [0, 0.05) is 25.2 Å². The molecule has 0 aliphatic carbocycles. The second-order valence-corrected chi connectivity index (χ2v) is 5.39. The Balaban J connectivity index is 2.22. The monoisotopic (exact) mass is 242 g/mol. The van der Waals surface area contributed by atoms with Crippen LogP contribution in [0.25, 0.3) is 0 Å². The van der Waals surface area contributed by atoms with Crippen LogP contribution >= 0.6 is 0 Å². The first-order valence-electron chi connectivity index (χ1n) is 7.24. The van der Waals surface area contributed by atoms with E-state index in [1.54, 1.807) is 7.11 Å². The number of piperidine rings is 1. The molecule has 1 aliphatic rings. The van der Waals surface area contributed by atoms with Gasteiger partial charge < -0.3 is 15.4 Å². The predicted octanol–water partition coefficient (Wildman–Crippen LogP) is 2.31. The van der Waals surface area contributed by atoms with Crippen LogP contribution in [0.3, 0.4) is 0 Å². The molecule has 2 N–H and O–H groups in total. The molecule has 3 nitrogen and oxygen atoms in total. The minimum atomic E-state index is 0.517. The SMILES string of the molecule is CCCC(COC)NC(C)CC1CCCCN1. The lowest BCUT2D eigenvalue weighted by Gasteiger charge is -2.29. The van der Waals surface area contributed by atoms with Gasteiger partial charge in [0.05, 0.1) is 6.61 Å². The fourth-order valence-corrected chi connectivity index (χ4v) is 2.79. The van der Waals surface area contributed by atoms with Crippen LogP contribution in [-0.4, -0.2) is 38.4 Å². The Labute approximate surface area is 107 Å². The van der Waals surface area contributed by atoms with Crippen LogP contribution in [0.4, 0.5) is 0 Å². The van der Waals surface area contributed by atoms with E-state index in [4.69, 9.17) is 4.74 Å². The molecule has 1 aliphatic heterocycles. The highest BCUT2D eigenvalue weighted by molar-refractivity contribution is 4.79. The molecule has 102 valence electrons. The van der Waals surface area contributed by atoms with Crippen molar-refractivity contribution in [3.63, 3.8) is 0 Å². The van der Waals surface area contributed by atoms with E-state index >= 15 is 0 Å². The van der Waals surface area contributed by atoms with Crippen molar-refractivity contribution in [2.75, 3.05) is 20.3 Å². The molecule has 3 unspecified atom stereocenters. The van der Waals surface area contributed by atoms with Crippen molar-refractivity contribution in [3.8, 4) is 0 Å². The second kappa shape index (κ2) is 8.90. The molecule has 0 aromatic carbocycles. The summed E-state index contributed by atoms with van der Waals surface area (Å²) in [6, 6.07) is 1.82. The first-order chi connectivity index (χ1) is 8.26. The Morgan fingerprint density at radius 3 is 2.82 bits per heavy atom. The number of nitrogens with one attached hydrogen (secondary N) is 2. The predicted molar refractivity (Wildman–Crippen MR) is 73.4 cm³/mol. The van der Waals surface area contributed by atoms with Gasteiger partial charge in [-0.1, -0.05) is 19.8 Å². The van der Waals surface area contributed by atoms with Crippen LogP contribution in [0, 0.1) is 0 Å². The van der Waals surface area contributed by atoms with Gasteiger partial charge in [-0.2, -0.15) is 0 Å². The van der Waals surface area contributed by atoms with Gasteiger partial charge >= 0.3 is 0 Å². The zero-order chi connectivity index (χ0) is 12.5. The van der Waals surface area contributed by atoms with Crippen LogP contribution in [0.15, 0.2) is 0 Å². The van der Waals surface area contributed by atoms with Gasteiger partial charge in [0.15, 0.2) is 0 Å². The number of methoxy groups -OCH3 is 1. The number of hydrogen-bond donors (Lipinski definition) is 2. The van der Waals surface area contributed by atoms with Crippen LogP contribution < -0.4 is 10.6 Å². The standard InChI is InChI=1S/C14H30N2O/c1-4-7-14(11-17-3)16-12(2)10-13-8-5-6-9-15-13/h12-16H,4-11H2,1-3H3. The van der Waals surface area contributed by atoms with Gasteiger partial charge in [-0.15, -0.1) is 0 Å². The maximum atomic E-state index is 5.27. The highest BCUT2D eigenvalue weighted by Crippen LogP contribution is 2.12. The van der Waals surface area contributed by atoms with E-state index in [2.05, 4.69) is 24.5 Å². The van der Waals surface area contributed by atoms with Crippen LogP contribution in [0.1, 0.15) is 52.4 Å². The normalized spacial score (nSPS) is 24.5. The van der Waals surface area contributed by atoms with Gasteiger partial charge in [0.25, 0.3) is 0 Å². The second-order valence-electron chi connectivity index (χ2n) is 5.39. The third-order valence-electron chi connectivity index (χ3n) is 3.58. The number of hydrogen-bond acceptors (Lipinski definition) is 3. The molecule has 3 heteroatoms. The Kier molecular flexibility index (Phi) is 7.82. The Bertz CT molecular complexity index is 175. The van der Waals surface area contributed by atoms with Crippen molar-refractivity contribution in [2.24, 2.45) is 0 Å². The summed E-state index contributed by atoms with van der Waals surface area (Å²) in [6.45, 7) is 6.57. The summed E-state index contributed by atoms with van der Waals surface area (Å²) in [5.74, 6) is 0. The minimum absolute atomic E-state index is 0.517. The molecule has 1 fully saturated rings. The largest absolute Gasteiger partial charge is 0.383 e. The average Bonchev–Trinajstić information content (AvgIpc) is 2.30. The Morgan fingerprint density at radius 1 is 1.41 bits per heavy atom. The van der Waals surface area contributed by atoms with Crippen LogP contribution in [-0.2, 0) is 4.74 Å². The summed E-state index contributed by atoms with van der Waals surface area (Å²) in [6.07, 6.45) is 7.74. The quantitative estimate of drug-likeness (QED) is 0.685. The molecule has 1 rings (SSSR count). The molecule has 1 heterocycles. The van der Waals surface area contributed by atoms with Crippen molar-refractivity contribution in [1.82, 2.24) is 10.6 Å². The first kappa shape index (κ1) is 14.9. The third-order valence-corrected chi connectivity index (χ3v) is 3.58. The average molecular weight is 242 g/mol. The molecule has 17 heavy (non-hydrogen) atoms. The van der Waals surface area contributed by atoms with E-state index < -0.39 is 0 Å². The summed E-state index contributed by atoms with van der Waals surface area (Å²) < 4.78 is 5.27. The van der Waals surface area contributed by atoms with E-state index in [0.717, 1.165) is 12.6 Å². The van der Waals surface area contributed by atoms with Gasteiger partial charge in [-0.3, -0.25) is 0 Å². The van der Waals surface area contributed by atoms with Gasteiger partial charge in [-0.05, 0) is 39.2 Å². The molecule has 0 radical (unpaired) electrons. The van der Waals surface area contributed by atoms with E-state index in [1.807, 2.05) is 0 Å². The molecule has 0 saturated carbocycles. The maximum absolute atomic E-state index is 5.27. The molecule has 0 aromatic heterocycles. The molecule has 0 bridgehead atoms. The zero-order valence-electron chi connectivity index (χ0n) is 11.8. The van der Waals surface area contributed by atoms with Crippen molar-refractivity contribution in [2.45, 2.75) is 70.5 Å². The van der Waals surface area contributed by atoms with Crippen LogP contribution in [0.2, 0.25) is 0 Å². The van der Waals surface area contributed by atoms with Crippen LogP contribution in [0.5, 0.6) is 0 Å². The van der Waals surface area contributed by atoms with Crippen molar-refractivity contribution >= 4 is 0 Å². The molecule has 0 aromatic rings. The Hall–Kier alpha value is -0.120. The van der Waals surface area contributed by atoms with E-state index in [0.29, 0.717) is 12.1 Å². The van der Waals surface area contributed by atoms with Gasteiger partial charge in [0.1, 0.15) is 0 Å². The smallest absolute Gasteiger partial charge is 0.0615 e. The van der Waals surface area contributed by atoms with Gasteiger partial charge in [0.2, 0.25) is 0 Å². The van der Waals surface area contributed by atoms with Crippen molar-refractivity contribution in [1.29, 1.82) is 0 Å². The van der Waals surface area contributed by atoms with E-state index in [9.17, 15) is 0 Å². The lowest BCUT2D eigenvalue weighted by atomic mass is 9.98. The molecular formula is C14H30N2O. The Morgan fingerprint density at radius 2 is 2.24 bits per heavy atom. The highest BCUT2D eigenvalue weighted by Gasteiger charge is 2.17. The van der Waals surface area contributed by atoms with E-state index in [1.165, 1.54) is 45.1 Å². The van der Waals surface area contributed by atoms with Gasteiger partial charge in [-0.25, -0.2) is 0 Å². The third kappa shape index (κ3) is 6.39. The molecular weight excluding hydrogens is 212 g/mol. The highest BCUT2D eigenvalue weighted by atomic mass is 16.5. The molecule has 1 saturated heterocycles. The summed E-state index contributed by atoms with van der Waals surface area (Å²) in [5.41, 5.74) is 0. The fraction of sp³-hybridized carbons (Fsp3) is 1.00. The molecule has 3 atom stereocenters. The summed E-state index contributed by atoms with van der Waals surface area (Å²) in [4.78, 5) is 0. The van der Waals surface area contributed by atoms with Crippen molar-refractivity contribution in [3.05, 3.63) is 0 Å². The number of ether oxygens (including phenoxy) is 1. The lowest BCUT2D eigenvalue weighted by Crippen LogP contribution is -2.44. The zero-order valence-corrected chi connectivity index (χ0v) is 11.8. The fourth-order valence-electron chi connectivity index (χ4n) is 2.79. The maximum Gasteiger partial charge on any atom is 0.0615 e. The van der Waals surface area contributed by atoms with E-state index in [-0.39, 0.29) is 0 Å². The molecule has 0 spiro atoms. The van der Waals surface area contributed by atoms with Crippen molar-refractivity contribution < 1.29 is 4.74 Å². The lowest BCUT2D eigenvalue weighted by molar-refractivity contribution is 0.154. The summed E-state index contributed by atoms with van der Waals surface area (Å²) in [7, 11) is 1.79. The number of rotatable bonds is 8. The summed E-state index contributed by atoms with van der Waals surface area (Å²) in [5, 5.41) is 7.32. The topological polar surface area (TPSA) is 33.3 Å². The summed E-state index contributed by atoms with van der Waals surface area (Å²) >= 11 is 0.